The number of aromatic nitrogens is 2. The van der Waals surface area contributed by atoms with Gasteiger partial charge in [-0.3, -0.25) is 9.67 Å². The summed E-state index contributed by atoms with van der Waals surface area (Å²) in [5.74, 6) is 0.444. The van der Waals surface area contributed by atoms with Crippen molar-refractivity contribution in [2.75, 3.05) is 13.1 Å². The van der Waals surface area contributed by atoms with Gasteiger partial charge in [-0.25, -0.2) is 4.39 Å². The maximum absolute atomic E-state index is 13.1. The number of hydrogen-bond acceptors (Lipinski definition) is 2. The van der Waals surface area contributed by atoms with Gasteiger partial charge in [0.2, 0.25) is 0 Å². The van der Waals surface area contributed by atoms with Gasteiger partial charge in [0.1, 0.15) is 5.82 Å². The molecule has 0 amide bonds. The number of benzene rings is 1. The molecule has 0 bridgehead atoms. The van der Waals surface area contributed by atoms with E-state index < -0.39 is 0 Å². The molecule has 0 saturated heterocycles. The Morgan fingerprint density at radius 1 is 1.37 bits per heavy atom. The van der Waals surface area contributed by atoms with Crippen LogP contribution in [0.3, 0.4) is 0 Å². The number of halogens is 2. The first-order chi connectivity index (χ1) is 12.8. The van der Waals surface area contributed by atoms with E-state index in [0.29, 0.717) is 18.0 Å². The monoisotopic (exact) mass is 393 g/mol. The molecule has 2 rings (SSSR count). The molecule has 2 aromatic rings. The third-order valence-corrected chi connectivity index (χ3v) is 4.91. The van der Waals surface area contributed by atoms with Gasteiger partial charge in [0, 0.05) is 36.9 Å². The zero-order chi connectivity index (χ0) is 20.0. The van der Waals surface area contributed by atoms with Crippen molar-refractivity contribution < 1.29 is 4.39 Å². The van der Waals surface area contributed by atoms with Crippen molar-refractivity contribution in [1.82, 2.24) is 20.4 Å². The Kier molecular flexibility index (Phi) is 7.66. The predicted octanol–water partition coefficient (Wildman–Crippen LogP) is 3.56. The quantitative estimate of drug-likeness (QED) is 0.558. The number of rotatable bonds is 7. The van der Waals surface area contributed by atoms with E-state index in [1.54, 1.807) is 6.07 Å². The van der Waals surface area contributed by atoms with Crippen LogP contribution in [-0.4, -0.2) is 34.9 Å². The molecule has 1 unspecified atom stereocenters. The molecule has 1 heterocycles. The summed E-state index contributed by atoms with van der Waals surface area (Å²) in [4.78, 5) is 4.63. The van der Waals surface area contributed by atoms with Crippen LogP contribution in [0.5, 0.6) is 0 Å². The van der Waals surface area contributed by atoms with E-state index in [1.807, 2.05) is 25.6 Å². The van der Waals surface area contributed by atoms with Crippen LogP contribution in [0.4, 0.5) is 4.39 Å². The molecular weight excluding hydrogens is 365 g/mol. The SMILES string of the molecule is CCNC(=NCCc1ccc(F)cc1Cl)NC(C)Cc1c(C)nn(C)c1C. The third-order valence-electron chi connectivity index (χ3n) is 4.56. The average Bonchev–Trinajstić information content (AvgIpc) is 2.83. The van der Waals surface area contributed by atoms with Gasteiger partial charge >= 0.3 is 0 Å². The molecule has 0 radical (unpaired) electrons. The second-order valence-electron chi connectivity index (χ2n) is 6.77. The van der Waals surface area contributed by atoms with Gasteiger partial charge in [-0.05, 0) is 63.8 Å². The minimum absolute atomic E-state index is 0.207. The highest BCUT2D eigenvalue weighted by Gasteiger charge is 2.14. The van der Waals surface area contributed by atoms with Crippen molar-refractivity contribution in [3.63, 3.8) is 0 Å². The molecule has 1 atom stereocenters. The van der Waals surface area contributed by atoms with Gasteiger partial charge in [0.15, 0.2) is 5.96 Å². The zero-order valence-corrected chi connectivity index (χ0v) is 17.5. The fourth-order valence-corrected chi connectivity index (χ4v) is 3.30. The summed E-state index contributed by atoms with van der Waals surface area (Å²) < 4.78 is 15.1. The number of nitrogens with zero attached hydrogens (tertiary/aromatic N) is 3. The maximum Gasteiger partial charge on any atom is 0.191 e. The van der Waals surface area contributed by atoms with Gasteiger partial charge in [0.25, 0.3) is 0 Å². The van der Waals surface area contributed by atoms with Crippen molar-refractivity contribution in [2.45, 2.75) is 46.6 Å². The Morgan fingerprint density at radius 3 is 2.70 bits per heavy atom. The number of hydrogen-bond donors (Lipinski definition) is 2. The van der Waals surface area contributed by atoms with Gasteiger partial charge in [-0.1, -0.05) is 17.7 Å². The molecule has 0 aliphatic rings. The van der Waals surface area contributed by atoms with Crippen molar-refractivity contribution in [1.29, 1.82) is 0 Å². The fourth-order valence-electron chi connectivity index (χ4n) is 3.04. The van der Waals surface area contributed by atoms with Crippen LogP contribution in [0, 0.1) is 19.7 Å². The summed E-state index contributed by atoms with van der Waals surface area (Å²) in [6.07, 6.45) is 1.53. The first-order valence-electron chi connectivity index (χ1n) is 9.29. The Hall–Kier alpha value is -2.08. The van der Waals surface area contributed by atoms with Crippen LogP contribution in [0.2, 0.25) is 5.02 Å². The highest BCUT2D eigenvalue weighted by atomic mass is 35.5. The maximum atomic E-state index is 13.1. The molecule has 0 spiro atoms. The van der Waals surface area contributed by atoms with E-state index in [1.165, 1.54) is 23.4 Å². The average molecular weight is 394 g/mol. The normalized spacial score (nSPS) is 12.9. The summed E-state index contributed by atoms with van der Waals surface area (Å²) in [6, 6.07) is 4.68. The topological polar surface area (TPSA) is 54.2 Å². The fraction of sp³-hybridized carbons (Fsp3) is 0.500. The van der Waals surface area contributed by atoms with Crippen LogP contribution in [0.15, 0.2) is 23.2 Å². The molecule has 2 N–H and O–H groups in total. The second-order valence-corrected chi connectivity index (χ2v) is 7.18. The zero-order valence-electron chi connectivity index (χ0n) is 16.7. The van der Waals surface area contributed by atoms with E-state index in [0.717, 1.165) is 30.2 Å². The van der Waals surface area contributed by atoms with Crippen molar-refractivity contribution in [3.05, 3.63) is 51.6 Å². The number of aliphatic imine (C=N–C) groups is 1. The molecule has 5 nitrogen and oxygen atoms in total. The molecule has 0 saturated carbocycles. The molecule has 148 valence electrons. The number of guanidine groups is 1. The molecule has 0 aliphatic carbocycles. The summed E-state index contributed by atoms with van der Waals surface area (Å²) in [6.45, 7) is 9.65. The minimum atomic E-state index is -0.322. The largest absolute Gasteiger partial charge is 0.357 e. The minimum Gasteiger partial charge on any atom is -0.357 e. The van der Waals surface area contributed by atoms with Crippen molar-refractivity contribution in [3.8, 4) is 0 Å². The molecule has 0 fully saturated rings. The van der Waals surface area contributed by atoms with Crippen molar-refractivity contribution >= 4 is 17.6 Å². The first kappa shape index (κ1) is 21.2. The van der Waals surface area contributed by atoms with E-state index in [-0.39, 0.29) is 11.9 Å². The highest BCUT2D eigenvalue weighted by Crippen LogP contribution is 2.18. The summed E-state index contributed by atoms with van der Waals surface area (Å²) >= 11 is 6.08. The molecule has 27 heavy (non-hydrogen) atoms. The van der Waals surface area contributed by atoms with Crippen molar-refractivity contribution in [2.24, 2.45) is 12.0 Å². The standard InChI is InChI=1S/C20H29ClFN5/c1-6-23-20(24-10-9-16-7-8-17(22)12-19(16)21)25-13(2)11-18-14(3)26-27(5)15(18)4/h7-8,12-13H,6,9-11H2,1-5H3,(H2,23,24,25). The Labute approximate surface area is 166 Å². The van der Waals surface area contributed by atoms with Crippen LogP contribution >= 0.6 is 11.6 Å². The number of aryl methyl sites for hydroxylation is 2. The van der Waals surface area contributed by atoms with Gasteiger partial charge < -0.3 is 10.6 Å². The lowest BCUT2D eigenvalue weighted by atomic mass is 10.1. The van der Waals surface area contributed by atoms with E-state index in [9.17, 15) is 4.39 Å². The smallest absolute Gasteiger partial charge is 0.191 e. The van der Waals surface area contributed by atoms with Crippen LogP contribution in [-0.2, 0) is 19.9 Å². The Bertz CT molecular complexity index is 800. The van der Waals surface area contributed by atoms with Gasteiger partial charge in [0.05, 0.1) is 5.69 Å². The Balaban J connectivity index is 1.97. The predicted molar refractivity (Wildman–Crippen MR) is 110 cm³/mol. The van der Waals surface area contributed by atoms with Gasteiger partial charge in [-0.15, -0.1) is 0 Å². The van der Waals surface area contributed by atoms with E-state index in [2.05, 4.69) is 34.6 Å². The van der Waals surface area contributed by atoms with E-state index >= 15 is 0 Å². The lowest BCUT2D eigenvalue weighted by Crippen LogP contribution is -2.43. The summed E-state index contributed by atoms with van der Waals surface area (Å²) in [5, 5.41) is 11.6. The Morgan fingerprint density at radius 2 is 2.11 bits per heavy atom. The molecule has 7 heteroatoms. The van der Waals surface area contributed by atoms with Crippen LogP contribution in [0.1, 0.15) is 36.4 Å². The lowest BCUT2D eigenvalue weighted by molar-refractivity contribution is 0.626. The second kappa shape index (κ2) is 9.74. The highest BCUT2D eigenvalue weighted by molar-refractivity contribution is 6.31. The number of nitrogens with one attached hydrogen (secondary N) is 2. The van der Waals surface area contributed by atoms with Crippen LogP contribution < -0.4 is 10.6 Å². The lowest BCUT2D eigenvalue weighted by Gasteiger charge is -2.18. The first-order valence-corrected chi connectivity index (χ1v) is 9.67. The molecule has 1 aromatic heterocycles. The molecule has 1 aromatic carbocycles. The third kappa shape index (κ3) is 5.96. The summed E-state index contributed by atoms with van der Waals surface area (Å²) in [7, 11) is 1.97. The molecular formula is C20H29ClFN5. The van der Waals surface area contributed by atoms with Gasteiger partial charge in [-0.2, -0.15) is 5.10 Å². The summed E-state index contributed by atoms with van der Waals surface area (Å²) in [5.41, 5.74) is 4.42. The van der Waals surface area contributed by atoms with Crippen LogP contribution in [0.25, 0.3) is 0 Å². The van der Waals surface area contributed by atoms with E-state index in [4.69, 9.17) is 11.6 Å². The molecule has 0 aliphatic heterocycles.